The summed E-state index contributed by atoms with van der Waals surface area (Å²) in [6.07, 6.45) is -4.27. The van der Waals surface area contributed by atoms with Crippen LogP contribution in [-0.2, 0) is 4.79 Å². The summed E-state index contributed by atoms with van der Waals surface area (Å²) in [6, 6.07) is -0.0680. The Hall–Kier alpha value is -1.93. The summed E-state index contributed by atoms with van der Waals surface area (Å²) in [6.45, 7) is 0.219. The predicted molar refractivity (Wildman–Crippen MR) is 58.3 cm³/mol. The molecule has 20 heavy (non-hydrogen) atoms. The molecular formula is C11H11F4N3O2. The maximum atomic E-state index is 12.6. The van der Waals surface area contributed by atoms with Gasteiger partial charge in [0.2, 0.25) is 5.91 Å². The molecule has 9 heteroatoms. The lowest BCUT2D eigenvalue weighted by molar-refractivity contribution is -0.160. The Morgan fingerprint density at radius 1 is 1.40 bits per heavy atom. The van der Waals surface area contributed by atoms with Gasteiger partial charge in [-0.15, -0.1) is 0 Å². The SMILES string of the molecule is O=C(CC(F)(F)F)N1CC[C@H](Oc2ncc(F)cn2)C1. The van der Waals surface area contributed by atoms with Crippen LogP contribution in [-0.4, -0.2) is 46.1 Å². The molecule has 1 saturated heterocycles. The molecule has 0 aromatic carbocycles. The second-order valence-corrected chi connectivity index (χ2v) is 4.34. The van der Waals surface area contributed by atoms with Crippen LogP contribution in [0.2, 0.25) is 0 Å². The summed E-state index contributed by atoms with van der Waals surface area (Å²) in [4.78, 5) is 19.6. The molecule has 1 amide bonds. The number of hydrogen-bond donors (Lipinski definition) is 0. The molecule has 2 heterocycles. The van der Waals surface area contributed by atoms with Gasteiger partial charge >= 0.3 is 12.2 Å². The average Bonchev–Trinajstić information content (AvgIpc) is 2.79. The van der Waals surface area contributed by atoms with E-state index >= 15 is 0 Å². The number of alkyl halides is 3. The third-order valence-corrected chi connectivity index (χ3v) is 2.72. The smallest absolute Gasteiger partial charge is 0.397 e. The van der Waals surface area contributed by atoms with E-state index in [1.807, 2.05) is 0 Å². The Kier molecular flexibility index (Phi) is 4.05. The molecule has 1 fully saturated rings. The highest BCUT2D eigenvalue weighted by atomic mass is 19.4. The average molecular weight is 293 g/mol. The van der Waals surface area contributed by atoms with Crippen molar-refractivity contribution < 1.29 is 27.1 Å². The fraction of sp³-hybridized carbons (Fsp3) is 0.545. The van der Waals surface area contributed by atoms with Crippen LogP contribution < -0.4 is 4.74 Å². The van der Waals surface area contributed by atoms with Crippen molar-refractivity contribution in [2.75, 3.05) is 13.1 Å². The summed E-state index contributed by atoms with van der Waals surface area (Å²) in [5.41, 5.74) is 0. The normalized spacial score (nSPS) is 19.2. The molecule has 0 saturated carbocycles. The highest BCUT2D eigenvalue weighted by Crippen LogP contribution is 2.23. The monoisotopic (exact) mass is 293 g/mol. The highest BCUT2D eigenvalue weighted by molar-refractivity contribution is 5.77. The fourth-order valence-corrected chi connectivity index (χ4v) is 1.84. The van der Waals surface area contributed by atoms with Gasteiger partial charge in [-0.2, -0.15) is 13.2 Å². The minimum absolute atomic E-state index is 0.0374. The van der Waals surface area contributed by atoms with Gasteiger partial charge in [-0.25, -0.2) is 14.4 Å². The standard InChI is InChI=1S/C11H11F4N3O2/c12-7-4-16-10(17-5-7)20-8-1-2-18(6-8)9(19)3-11(13,14)15/h4-5,8H,1-3,6H2/t8-/m0/s1. The first kappa shape index (κ1) is 14.5. The lowest BCUT2D eigenvalue weighted by Gasteiger charge is -2.17. The van der Waals surface area contributed by atoms with Gasteiger partial charge in [0.05, 0.1) is 18.9 Å². The first-order chi connectivity index (χ1) is 9.33. The zero-order chi connectivity index (χ0) is 14.8. The zero-order valence-corrected chi connectivity index (χ0v) is 10.2. The van der Waals surface area contributed by atoms with E-state index in [1.54, 1.807) is 0 Å². The van der Waals surface area contributed by atoms with E-state index in [4.69, 9.17) is 4.74 Å². The van der Waals surface area contributed by atoms with E-state index in [1.165, 1.54) is 0 Å². The molecule has 1 aliphatic rings. The number of aromatic nitrogens is 2. The number of rotatable bonds is 3. The summed E-state index contributed by atoms with van der Waals surface area (Å²) in [5, 5.41) is 0. The quantitative estimate of drug-likeness (QED) is 0.793. The number of amides is 1. The van der Waals surface area contributed by atoms with Crippen molar-refractivity contribution >= 4 is 5.91 Å². The largest absolute Gasteiger partial charge is 0.458 e. The number of hydrogen-bond acceptors (Lipinski definition) is 4. The summed E-state index contributed by atoms with van der Waals surface area (Å²) >= 11 is 0. The minimum Gasteiger partial charge on any atom is -0.458 e. The van der Waals surface area contributed by atoms with Crippen molar-refractivity contribution in [1.82, 2.24) is 14.9 Å². The number of nitrogens with zero attached hydrogens (tertiary/aromatic N) is 3. The van der Waals surface area contributed by atoms with Crippen molar-refractivity contribution in [3.8, 4) is 6.01 Å². The molecule has 1 aromatic heterocycles. The Balaban J connectivity index is 1.86. The number of likely N-dealkylation sites (tertiary alicyclic amines) is 1. The molecule has 110 valence electrons. The maximum Gasteiger partial charge on any atom is 0.397 e. The lowest BCUT2D eigenvalue weighted by atomic mass is 10.3. The van der Waals surface area contributed by atoms with Gasteiger partial charge in [0.25, 0.3) is 0 Å². The van der Waals surface area contributed by atoms with Crippen LogP contribution in [0.4, 0.5) is 17.6 Å². The highest BCUT2D eigenvalue weighted by Gasteiger charge is 2.36. The number of carbonyl (C=O) groups is 1. The number of halogens is 4. The minimum atomic E-state index is -4.52. The van der Waals surface area contributed by atoms with E-state index < -0.39 is 30.4 Å². The first-order valence-corrected chi connectivity index (χ1v) is 5.82. The van der Waals surface area contributed by atoms with Crippen molar-refractivity contribution in [3.05, 3.63) is 18.2 Å². The van der Waals surface area contributed by atoms with Crippen molar-refractivity contribution in [2.45, 2.75) is 25.1 Å². The molecule has 0 radical (unpaired) electrons. The number of carbonyl (C=O) groups excluding carboxylic acids is 1. The van der Waals surface area contributed by atoms with Crippen molar-refractivity contribution in [1.29, 1.82) is 0 Å². The zero-order valence-electron chi connectivity index (χ0n) is 10.2. The van der Waals surface area contributed by atoms with Crippen LogP contribution in [0.3, 0.4) is 0 Å². The molecule has 0 spiro atoms. The molecule has 0 N–H and O–H groups in total. The summed E-state index contributed by atoms with van der Waals surface area (Å²) in [7, 11) is 0. The number of ether oxygens (including phenoxy) is 1. The van der Waals surface area contributed by atoms with Gasteiger partial charge in [-0.1, -0.05) is 0 Å². The second kappa shape index (κ2) is 5.59. The molecule has 2 rings (SSSR count). The fourth-order valence-electron chi connectivity index (χ4n) is 1.84. The summed E-state index contributed by atoms with van der Waals surface area (Å²) < 4.78 is 54.2. The van der Waals surface area contributed by atoms with Gasteiger partial charge in [-0.05, 0) is 0 Å². The van der Waals surface area contributed by atoms with E-state index in [0.29, 0.717) is 6.42 Å². The van der Waals surface area contributed by atoms with Gasteiger partial charge in [-0.3, -0.25) is 4.79 Å². The van der Waals surface area contributed by atoms with Crippen LogP contribution in [0.25, 0.3) is 0 Å². The second-order valence-electron chi connectivity index (χ2n) is 4.34. The van der Waals surface area contributed by atoms with Gasteiger partial charge in [0.15, 0.2) is 5.82 Å². The van der Waals surface area contributed by atoms with E-state index in [9.17, 15) is 22.4 Å². The van der Waals surface area contributed by atoms with Crippen LogP contribution >= 0.6 is 0 Å². The van der Waals surface area contributed by atoms with Crippen LogP contribution in [0.5, 0.6) is 6.01 Å². The Bertz CT molecular complexity index is 478. The Morgan fingerprint density at radius 2 is 2.05 bits per heavy atom. The van der Waals surface area contributed by atoms with Crippen molar-refractivity contribution in [2.24, 2.45) is 0 Å². The predicted octanol–water partition coefficient (Wildman–Crippen LogP) is 1.55. The van der Waals surface area contributed by atoms with Crippen LogP contribution in [0.1, 0.15) is 12.8 Å². The van der Waals surface area contributed by atoms with Gasteiger partial charge in [0, 0.05) is 13.0 Å². The van der Waals surface area contributed by atoms with Gasteiger partial charge in [0.1, 0.15) is 12.5 Å². The molecule has 1 aromatic rings. The molecule has 0 bridgehead atoms. The van der Waals surface area contributed by atoms with E-state index in [0.717, 1.165) is 17.3 Å². The Labute approximate surface area is 111 Å². The van der Waals surface area contributed by atoms with E-state index in [2.05, 4.69) is 9.97 Å². The Morgan fingerprint density at radius 3 is 2.65 bits per heavy atom. The third-order valence-electron chi connectivity index (χ3n) is 2.72. The first-order valence-electron chi connectivity index (χ1n) is 5.82. The van der Waals surface area contributed by atoms with Crippen molar-refractivity contribution in [3.63, 3.8) is 0 Å². The lowest BCUT2D eigenvalue weighted by Crippen LogP contribution is -2.34. The van der Waals surface area contributed by atoms with Crippen LogP contribution in [0.15, 0.2) is 12.4 Å². The molecule has 1 aliphatic heterocycles. The third kappa shape index (κ3) is 4.04. The molecule has 5 nitrogen and oxygen atoms in total. The molecule has 0 aliphatic carbocycles. The molecular weight excluding hydrogens is 282 g/mol. The molecule has 0 unspecified atom stereocenters. The van der Waals surface area contributed by atoms with Crippen LogP contribution in [0, 0.1) is 5.82 Å². The summed E-state index contributed by atoms with van der Waals surface area (Å²) in [5.74, 6) is -1.60. The topological polar surface area (TPSA) is 55.3 Å². The van der Waals surface area contributed by atoms with E-state index in [-0.39, 0.29) is 19.1 Å². The van der Waals surface area contributed by atoms with Gasteiger partial charge < -0.3 is 9.64 Å². The maximum absolute atomic E-state index is 12.6. The molecule has 1 atom stereocenters.